The molecule has 2 heterocycles. The number of tetrazole rings is 1. The van der Waals surface area contributed by atoms with E-state index < -0.39 is 0 Å². The molecule has 1 amide bonds. The van der Waals surface area contributed by atoms with Gasteiger partial charge in [0.2, 0.25) is 5.82 Å². The SMILES string of the molecule is CC1Cc2ccccc2N1C(=O)Cn1nnc(-c2ccc(Cl)cc2)n1. The Morgan fingerprint density at radius 2 is 1.96 bits per heavy atom. The van der Waals surface area contributed by atoms with E-state index in [0.717, 1.165) is 17.7 Å². The molecule has 1 aliphatic heterocycles. The van der Waals surface area contributed by atoms with Crippen molar-refractivity contribution in [3.8, 4) is 11.4 Å². The third-order valence-electron chi connectivity index (χ3n) is 4.31. The van der Waals surface area contributed by atoms with Gasteiger partial charge in [-0.05, 0) is 54.5 Å². The first-order valence-corrected chi connectivity index (χ1v) is 8.43. The molecule has 1 unspecified atom stereocenters. The van der Waals surface area contributed by atoms with Crippen LogP contribution in [0.15, 0.2) is 48.5 Å². The van der Waals surface area contributed by atoms with Crippen LogP contribution in [0.25, 0.3) is 11.4 Å². The predicted octanol–water partition coefficient (Wildman–Crippen LogP) is 2.97. The van der Waals surface area contributed by atoms with E-state index in [-0.39, 0.29) is 18.5 Å². The lowest BCUT2D eigenvalue weighted by atomic mass is 10.1. The molecule has 0 aliphatic carbocycles. The van der Waals surface area contributed by atoms with E-state index in [0.29, 0.717) is 10.8 Å². The van der Waals surface area contributed by atoms with Crippen molar-refractivity contribution >= 4 is 23.2 Å². The van der Waals surface area contributed by atoms with Gasteiger partial charge >= 0.3 is 0 Å². The Labute approximate surface area is 150 Å². The van der Waals surface area contributed by atoms with Crippen molar-refractivity contribution in [2.24, 2.45) is 0 Å². The van der Waals surface area contributed by atoms with Crippen LogP contribution in [0.3, 0.4) is 0 Å². The fraction of sp³-hybridized carbons (Fsp3) is 0.222. The zero-order valence-corrected chi connectivity index (χ0v) is 14.4. The number of nitrogens with zero attached hydrogens (tertiary/aromatic N) is 5. The van der Waals surface area contributed by atoms with E-state index in [1.807, 2.05) is 42.2 Å². The Balaban J connectivity index is 1.53. The summed E-state index contributed by atoms with van der Waals surface area (Å²) in [4.78, 5) is 15.9. The van der Waals surface area contributed by atoms with E-state index in [4.69, 9.17) is 11.6 Å². The molecular weight excluding hydrogens is 338 g/mol. The summed E-state index contributed by atoms with van der Waals surface area (Å²) in [7, 11) is 0. The number of halogens is 1. The van der Waals surface area contributed by atoms with Crippen LogP contribution in [0.2, 0.25) is 5.02 Å². The van der Waals surface area contributed by atoms with Gasteiger partial charge in [-0.3, -0.25) is 4.79 Å². The highest BCUT2D eigenvalue weighted by molar-refractivity contribution is 6.30. The molecule has 0 spiro atoms. The van der Waals surface area contributed by atoms with Crippen LogP contribution < -0.4 is 4.90 Å². The van der Waals surface area contributed by atoms with Crippen molar-refractivity contribution in [3.63, 3.8) is 0 Å². The monoisotopic (exact) mass is 353 g/mol. The number of carbonyl (C=O) groups is 1. The summed E-state index contributed by atoms with van der Waals surface area (Å²) in [6.07, 6.45) is 0.864. The number of hydrogen-bond donors (Lipinski definition) is 0. The summed E-state index contributed by atoms with van der Waals surface area (Å²) in [5, 5.41) is 13.0. The summed E-state index contributed by atoms with van der Waals surface area (Å²) in [6, 6.07) is 15.3. The quantitative estimate of drug-likeness (QED) is 0.726. The second kappa shape index (κ2) is 6.29. The second-order valence-corrected chi connectivity index (χ2v) is 6.53. The maximum Gasteiger partial charge on any atom is 0.250 e. The minimum atomic E-state index is -0.0440. The standard InChI is InChI=1S/C18H16ClN5O/c1-12-10-14-4-2-3-5-16(14)24(12)17(25)11-23-21-18(20-22-23)13-6-8-15(19)9-7-13/h2-9,12H,10-11H2,1H3. The van der Waals surface area contributed by atoms with Gasteiger partial charge in [-0.15, -0.1) is 10.2 Å². The smallest absolute Gasteiger partial charge is 0.250 e. The molecule has 2 aromatic carbocycles. The molecule has 0 saturated carbocycles. The van der Waals surface area contributed by atoms with Gasteiger partial charge in [0.05, 0.1) is 0 Å². The number of para-hydroxylation sites is 1. The van der Waals surface area contributed by atoms with Crippen LogP contribution in [0.1, 0.15) is 12.5 Å². The maximum absolute atomic E-state index is 12.8. The minimum absolute atomic E-state index is 0.0440. The molecule has 1 atom stereocenters. The molecule has 0 bridgehead atoms. The van der Waals surface area contributed by atoms with Crippen LogP contribution in [0.4, 0.5) is 5.69 Å². The highest BCUT2D eigenvalue weighted by atomic mass is 35.5. The van der Waals surface area contributed by atoms with E-state index in [9.17, 15) is 4.79 Å². The van der Waals surface area contributed by atoms with Crippen molar-refractivity contribution in [2.75, 3.05) is 4.90 Å². The average molecular weight is 354 g/mol. The molecular formula is C18H16ClN5O. The summed E-state index contributed by atoms with van der Waals surface area (Å²) in [5.74, 6) is 0.428. The minimum Gasteiger partial charge on any atom is -0.307 e. The van der Waals surface area contributed by atoms with Gasteiger partial charge in [-0.1, -0.05) is 29.8 Å². The summed E-state index contributed by atoms with van der Waals surface area (Å²) >= 11 is 5.89. The Kier molecular flexibility index (Phi) is 3.97. The van der Waals surface area contributed by atoms with Crippen molar-refractivity contribution in [1.29, 1.82) is 0 Å². The third-order valence-corrected chi connectivity index (χ3v) is 4.56. The van der Waals surface area contributed by atoms with Gasteiger partial charge in [-0.2, -0.15) is 4.80 Å². The first kappa shape index (κ1) is 15.8. The molecule has 25 heavy (non-hydrogen) atoms. The fourth-order valence-electron chi connectivity index (χ4n) is 3.17. The van der Waals surface area contributed by atoms with Crippen molar-refractivity contribution < 1.29 is 4.79 Å². The van der Waals surface area contributed by atoms with Gasteiger partial charge in [0.25, 0.3) is 5.91 Å². The van der Waals surface area contributed by atoms with Gasteiger partial charge < -0.3 is 4.90 Å². The third kappa shape index (κ3) is 3.00. The maximum atomic E-state index is 12.8. The molecule has 0 fully saturated rings. The lowest BCUT2D eigenvalue weighted by Gasteiger charge is -2.22. The number of aromatic nitrogens is 4. The van der Waals surface area contributed by atoms with E-state index >= 15 is 0 Å². The topological polar surface area (TPSA) is 63.9 Å². The molecule has 0 N–H and O–H groups in total. The molecule has 126 valence electrons. The summed E-state index contributed by atoms with van der Waals surface area (Å²) < 4.78 is 0. The molecule has 6 nitrogen and oxygen atoms in total. The zero-order chi connectivity index (χ0) is 17.4. The van der Waals surface area contributed by atoms with Crippen LogP contribution >= 0.6 is 11.6 Å². The number of amides is 1. The number of carbonyl (C=O) groups excluding carboxylic acids is 1. The van der Waals surface area contributed by atoms with Crippen molar-refractivity contribution in [2.45, 2.75) is 25.9 Å². The largest absolute Gasteiger partial charge is 0.307 e. The summed E-state index contributed by atoms with van der Waals surface area (Å²) in [6.45, 7) is 2.10. The van der Waals surface area contributed by atoms with E-state index in [1.165, 1.54) is 10.4 Å². The number of benzene rings is 2. The van der Waals surface area contributed by atoms with Gasteiger partial charge in [-0.25, -0.2) is 0 Å². The predicted molar refractivity (Wildman–Crippen MR) is 95.4 cm³/mol. The highest BCUT2D eigenvalue weighted by Gasteiger charge is 2.30. The van der Waals surface area contributed by atoms with E-state index in [1.54, 1.807) is 12.1 Å². The lowest BCUT2D eigenvalue weighted by Crippen LogP contribution is -2.38. The molecule has 3 aromatic rings. The Morgan fingerprint density at radius 1 is 1.20 bits per heavy atom. The number of hydrogen-bond acceptors (Lipinski definition) is 4. The molecule has 1 aliphatic rings. The Morgan fingerprint density at radius 3 is 2.76 bits per heavy atom. The Hall–Kier alpha value is -2.73. The normalized spacial score (nSPS) is 16.1. The van der Waals surface area contributed by atoms with Crippen molar-refractivity contribution in [1.82, 2.24) is 20.2 Å². The molecule has 1 aromatic heterocycles. The highest BCUT2D eigenvalue weighted by Crippen LogP contribution is 2.31. The van der Waals surface area contributed by atoms with Crippen LogP contribution in [0, 0.1) is 0 Å². The fourth-order valence-corrected chi connectivity index (χ4v) is 3.29. The lowest BCUT2D eigenvalue weighted by molar-refractivity contribution is -0.119. The molecule has 7 heteroatoms. The first-order valence-electron chi connectivity index (χ1n) is 8.05. The van der Waals surface area contributed by atoms with Gasteiger partial charge in [0.1, 0.15) is 6.54 Å². The number of anilines is 1. The van der Waals surface area contributed by atoms with Gasteiger partial charge in [0.15, 0.2) is 0 Å². The zero-order valence-electron chi connectivity index (χ0n) is 13.6. The van der Waals surface area contributed by atoms with Crippen molar-refractivity contribution in [3.05, 3.63) is 59.1 Å². The average Bonchev–Trinajstić information content (AvgIpc) is 3.18. The first-order chi connectivity index (χ1) is 12.1. The molecule has 0 radical (unpaired) electrons. The number of fused-ring (bicyclic) bond motifs is 1. The van der Waals surface area contributed by atoms with E-state index in [2.05, 4.69) is 21.5 Å². The van der Waals surface area contributed by atoms with Gasteiger partial charge in [0, 0.05) is 22.3 Å². The van der Waals surface area contributed by atoms with Crippen LogP contribution in [-0.4, -0.2) is 32.2 Å². The Bertz CT molecular complexity index is 921. The summed E-state index contributed by atoms with van der Waals surface area (Å²) in [5.41, 5.74) is 2.97. The molecule has 4 rings (SSSR count). The number of rotatable bonds is 3. The second-order valence-electron chi connectivity index (χ2n) is 6.10. The van der Waals surface area contributed by atoms with Crippen LogP contribution in [0.5, 0.6) is 0 Å². The van der Waals surface area contributed by atoms with Crippen LogP contribution in [-0.2, 0) is 17.8 Å². The molecule has 0 saturated heterocycles.